The predicted octanol–water partition coefficient (Wildman–Crippen LogP) is 0.240. The summed E-state index contributed by atoms with van der Waals surface area (Å²) in [6.45, 7) is 1.50. The molecular formula is C7H11NO4. The number of rotatable bonds is 3. The molecule has 68 valence electrons. The third-order valence-corrected chi connectivity index (χ3v) is 0.917. The van der Waals surface area contributed by atoms with Gasteiger partial charge in [0.05, 0.1) is 0 Å². The molecule has 0 heterocycles. The third-order valence-electron chi connectivity index (χ3n) is 0.917. The molecule has 0 fully saturated rings. The van der Waals surface area contributed by atoms with Crippen molar-refractivity contribution < 1.29 is 20.1 Å². The van der Waals surface area contributed by atoms with Gasteiger partial charge in [-0.15, -0.1) is 0 Å². The highest BCUT2D eigenvalue weighted by Crippen LogP contribution is 1.93. The van der Waals surface area contributed by atoms with Crippen LogP contribution in [-0.4, -0.2) is 27.9 Å². The monoisotopic (exact) mass is 173 g/mol. The maximum absolute atomic E-state index is 10.1. The Morgan fingerprint density at radius 1 is 1.67 bits per heavy atom. The third kappa shape index (κ3) is 11.3. The summed E-state index contributed by atoms with van der Waals surface area (Å²) in [6.07, 6.45) is 2.65. The molecule has 0 aliphatic heterocycles. The van der Waals surface area contributed by atoms with Gasteiger partial charge in [-0.1, -0.05) is 6.08 Å². The zero-order valence-corrected chi connectivity index (χ0v) is 6.69. The molecule has 12 heavy (non-hydrogen) atoms. The Bertz CT molecular complexity index is 192. The minimum Gasteiger partial charge on any atom is -0.478 e. The van der Waals surface area contributed by atoms with Gasteiger partial charge in [0.2, 0.25) is 0 Å². The molecule has 0 unspecified atom stereocenters. The van der Waals surface area contributed by atoms with E-state index in [0.29, 0.717) is 6.42 Å². The van der Waals surface area contributed by atoms with E-state index in [-0.39, 0.29) is 12.2 Å². The van der Waals surface area contributed by atoms with E-state index in [0.717, 1.165) is 6.26 Å². The molecule has 0 aliphatic rings. The van der Waals surface area contributed by atoms with E-state index in [1.54, 1.807) is 0 Å². The van der Waals surface area contributed by atoms with Gasteiger partial charge in [-0.3, -0.25) is 0 Å². The normalized spacial score (nSPS) is 9.25. The number of aliphatic carboxylic acids is 1. The van der Waals surface area contributed by atoms with Crippen LogP contribution in [-0.2, 0) is 4.79 Å². The van der Waals surface area contributed by atoms with Crippen molar-refractivity contribution in [2.45, 2.75) is 13.3 Å². The van der Waals surface area contributed by atoms with Crippen LogP contribution in [0, 0.1) is 11.5 Å². The van der Waals surface area contributed by atoms with Crippen molar-refractivity contribution >= 4 is 5.97 Å². The van der Waals surface area contributed by atoms with E-state index in [1.807, 2.05) is 0 Å². The van der Waals surface area contributed by atoms with Crippen LogP contribution in [0.15, 0.2) is 11.6 Å². The highest BCUT2D eigenvalue weighted by molar-refractivity contribution is 5.85. The lowest BCUT2D eigenvalue weighted by molar-refractivity contribution is -0.132. The second-order valence-corrected chi connectivity index (χ2v) is 1.80. The highest BCUT2D eigenvalue weighted by atomic mass is 16.4. The van der Waals surface area contributed by atoms with E-state index in [9.17, 15) is 4.79 Å². The van der Waals surface area contributed by atoms with Gasteiger partial charge in [-0.25, -0.2) is 4.79 Å². The summed E-state index contributed by atoms with van der Waals surface area (Å²) in [5.74, 6) is -0.927. The first kappa shape index (κ1) is 13.1. The van der Waals surface area contributed by atoms with Crippen LogP contribution in [0.1, 0.15) is 13.3 Å². The highest BCUT2D eigenvalue weighted by Gasteiger charge is 1.96. The predicted molar refractivity (Wildman–Crippen MR) is 40.6 cm³/mol. The Labute approximate surface area is 70.2 Å². The van der Waals surface area contributed by atoms with Gasteiger partial charge in [-0.05, 0) is 13.3 Å². The summed E-state index contributed by atoms with van der Waals surface area (Å²) in [6, 6.07) is 0. The van der Waals surface area contributed by atoms with E-state index in [4.69, 9.17) is 20.6 Å². The van der Waals surface area contributed by atoms with Crippen molar-refractivity contribution in [1.82, 2.24) is 0 Å². The van der Waals surface area contributed by atoms with Crippen molar-refractivity contribution in [2.24, 2.45) is 0 Å². The van der Waals surface area contributed by atoms with Crippen LogP contribution in [0.2, 0.25) is 0 Å². The van der Waals surface area contributed by atoms with Crippen LogP contribution in [0.5, 0.6) is 0 Å². The molecule has 0 saturated carbocycles. The largest absolute Gasteiger partial charge is 0.478 e. The second-order valence-electron chi connectivity index (χ2n) is 1.80. The molecule has 0 bridgehead atoms. The summed E-state index contributed by atoms with van der Waals surface area (Å²) in [4.78, 5) is 10.1. The molecule has 5 heteroatoms. The summed E-state index contributed by atoms with van der Waals surface area (Å²) >= 11 is 0. The Morgan fingerprint density at radius 3 is 2.33 bits per heavy atom. The zero-order chi connectivity index (χ0) is 9.98. The summed E-state index contributed by atoms with van der Waals surface area (Å²) in [5, 5.41) is 30.3. The van der Waals surface area contributed by atoms with Crippen molar-refractivity contribution in [2.75, 3.05) is 6.61 Å². The lowest BCUT2D eigenvalue weighted by Gasteiger charge is -1.89. The number of aliphatic hydroxyl groups excluding tert-OH is 2. The molecule has 0 saturated heterocycles. The van der Waals surface area contributed by atoms with Crippen molar-refractivity contribution in [1.29, 1.82) is 5.26 Å². The molecule has 0 rings (SSSR count). The van der Waals surface area contributed by atoms with Gasteiger partial charge < -0.3 is 15.3 Å². The van der Waals surface area contributed by atoms with Crippen LogP contribution >= 0.6 is 0 Å². The number of hydrogen-bond acceptors (Lipinski definition) is 4. The van der Waals surface area contributed by atoms with Gasteiger partial charge in [0.25, 0.3) is 6.26 Å². The van der Waals surface area contributed by atoms with Gasteiger partial charge in [0.15, 0.2) is 0 Å². The standard InChI is InChI=1S/C6H10O3.CHNO/c1-5(6(8)9)3-2-4-7;2-1-3/h3,7H,2,4H2,1H3,(H,8,9);3H. The number of nitrogens with zero attached hydrogens (tertiary/aromatic N) is 1. The molecule has 0 aromatic rings. The molecule has 0 aromatic heterocycles. The quantitative estimate of drug-likeness (QED) is 0.419. The lowest BCUT2D eigenvalue weighted by Crippen LogP contribution is -1.95. The van der Waals surface area contributed by atoms with Crippen molar-refractivity contribution in [3.8, 4) is 6.26 Å². The number of carboxylic acids is 1. The molecule has 0 aromatic carbocycles. The Kier molecular flexibility index (Phi) is 10.3. The topological polar surface area (TPSA) is 102 Å². The molecule has 0 atom stereocenters. The van der Waals surface area contributed by atoms with E-state index in [2.05, 4.69) is 0 Å². The average Bonchev–Trinajstić information content (AvgIpc) is 2.01. The van der Waals surface area contributed by atoms with E-state index >= 15 is 0 Å². The Balaban J connectivity index is 0. The summed E-state index contributed by atoms with van der Waals surface area (Å²) in [5.41, 5.74) is 0.282. The SMILES string of the molecule is CC(=CCCO)C(=O)O.N#CO. The number of carbonyl (C=O) groups is 1. The van der Waals surface area contributed by atoms with Gasteiger partial charge >= 0.3 is 5.97 Å². The van der Waals surface area contributed by atoms with Gasteiger partial charge in [-0.2, -0.15) is 5.26 Å². The fourth-order valence-electron chi connectivity index (χ4n) is 0.368. The number of nitriles is 1. The maximum atomic E-state index is 10.1. The number of aliphatic hydroxyl groups is 2. The Hall–Kier alpha value is -1.54. The van der Waals surface area contributed by atoms with Gasteiger partial charge in [0, 0.05) is 12.2 Å². The van der Waals surface area contributed by atoms with E-state index < -0.39 is 5.97 Å². The number of carboxylic acid groups (broad SMARTS) is 1. The van der Waals surface area contributed by atoms with Gasteiger partial charge in [0.1, 0.15) is 0 Å². The maximum Gasteiger partial charge on any atom is 0.330 e. The molecule has 0 radical (unpaired) electrons. The number of hydrogen-bond donors (Lipinski definition) is 3. The van der Waals surface area contributed by atoms with Crippen molar-refractivity contribution in [3.63, 3.8) is 0 Å². The molecule has 5 nitrogen and oxygen atoms in total. The summed E-state index contributed by atoms with van der Waals surface area (Å²) in [7, 11) is 0. The lowest BCUT2D eigenvalue weighted by atomic mass is 10.2. The second kappa shape index (κ2) is 9.46. The molecule has 0 aliphatic carbocycles. The first-order valence-electron chi connectivity index (χ1n) is 3.14. The minimum absolute atomic E-state index is 0.00458. The van der Waals surface area contributed by atoms with Crippen LogP contribution < -0.4 is 0 Å². The zero-order valence-electron chi connectivity index (χ0n) is 6.69. The van der Waals surface area contributed by atoms with Crippen LogP contribution in [0.25, 0.3) is 0 Å². The minimum atomic E-state index is -0.927. The smallest absolute Gasteiger partial charge is 0.330 e. The molecular weight excluding hydrogens is 162 g/mol. The van der Waals surface area contributed by atoms with Crippen molar-refractivity contribution in [3.05, 3.63) is 11.6 Å². The van der Waals surface area contributed by atoms with E-state index in [1.165, 1.54) is 13.0 Å². The Morgan fingerprint density at radius 2 is 2.08 bits per heavy atom. The molecule has 3 N–H and O–H groups in total. The fraction of sp³-hybridized carbons (Fsp3) is 0.429. The average molecular weight is 173 g/mol. The molecule has 0 amide bonds. The van der Waals surface area contributed by atoms with Crippen LogP contribution in [0.4, 0.5) is 0 Å². The van der Waals surface area contributed by atoms with Crippen LogP contribution in [0.3, 0.4) is 0 Å². The first-order valence-corrected chi connectivity index (χ1v) is 3.14. The fourth-order valence-corrected chi connectivity index (χ4v) is 0.368. The summed E-state index contributed by atoms with van der Waals surface area (Å²) < 4.78 is 0. The first-order chi connectivity index (χ1) is 5.59. The molecule has 0 spiro atoms.